The molecule has 0 unspecified atom stereocenters. The van der Waals surface area contributed by atoms with E-state index in [4.69, 9.17) is 9.26 Å². The number of carbonyl (C=O) groups is 1. The van der Waals surface area contributed by atoms with E-state index in [9.17, 15) is 4.79 Å². The highest BCUT2D eigenvalue weighted by Gasteiger charge is 2.24. The summed E-state index contributed by atoms with van der Waals surface area (Å²) in [6.07, 6.45) is 4.95. The van der Waals surface area contributed by atoms with Gasteiger partial charge in [-0.25, -0.2) is 0 Å². The Kier molecular flexibility index (Phi) is 7.79. The third kappa shape index (κ3) is 5.59. The van der Waals surface area contributed by atoms with Crippen molar-refractivity contribution in [2.24, 2.45) is 0 Å². The number of nitrogens with zero attached hydrogens (tertiary/aromatic N) is 4. The molecule has 1 aliphatic rings. The number of aromatic nitrogens is 2. The summed E-state index contributed by atoms with van der Waals surface area (Å²) in [6.45, 7) is 5.79. The van der Waals surface area contributed by atoms with Crippen molar-refractivity contribution < 1.29 is 14.1 Å². The van der Waals surface area contributed by atoms with Crippen LogP contribution in [0.25, 0.3) is 22.5 Å². The van der Waals surface area contributed by atoms with Crippen LogP contribution in [0.1, 0.15) is 45.8 Å². The van der Waals surface area contributed by atoms with Crippen molar-refractivity contribution in [2.75, 3.05) is 39.2 Å². The van der Waals surface area contributed by atoms with Crippen LogP contribution in [-0.4, -0.2) is 55.6 Å². The molecule has 0 saturated carbocycles. The van der Waals surface area contributed by atoms with E-state index < -0.39 is 0 Å². The van der Waals surface area contributed by atoms with Crippen LogP contribution in [0.2, 0.25) is 0 Å². The molecule has 202 valence electrons. The molecule has 1 aromatic heterocycles. The van der Waals surface area contributed by atoms with Gasteiger partial charge >= 0.3 is 0 Å². The molecule has 2 heterocycles. The number of hydrogen-bond donors (Lipinski definition) is 0. The Hall–Kier alpha value is -3.97. The van der Waals surface area contributed by atoms with Gasteiger partial charge < -0.3 is 19.1 Å². The predicted octanol–water partition coefficient (Wildman–Crippen LogP) is 6.42. The number of aryl methyl sites for hydroxylation is 4. The summed E-state index contributed by atoms with van der Waals surface area (Å²) in [5.41, 5.74) is 9.61. The van der Waals surface area contributed by atoms with Crippen LogP contribution >= 0.6 is 0 Å². The lowest BCUT2D eigenvalue weighted by molar-refractivity contribution is 0.112. The predicted molar refractivity (Wildman–Crippen MR) is 155 cm³/mol. The highest BCUT2D eigenvalue weighted by molar-refractivity contribution is 5.90. The molecule has 7 nitrogen and oxygen atoms in total. The van der Waals surface area contributed by atoms with Crippen molar-refractivity contribution >= 4 is 17.7 Å². The summed E-state index contributed by atoms with van der Waals surface area (Å²) in [4.78, 5) is 20.8. The molecule has 0 fully saturated rings. The third-order valence-electron chi connectivity index (χ3n) is 7.40. The Morgan fingerprint density at radius 2 is 1.87 bits per heavy atom. The van der Waals surface area contributed by atoms with E-state index in [1.807, 2.05) is 18.2 Å². The van der Waals surface area contributed by atoms with Crippen molar-refractivity contribution in [3.05, 3.63) is 76.7 Å². The normalized spacial score (nSPS) is 13.0. The first-order valence-electron chi connectivity index (χ1n) is 13.5. The van der Waals surface area contributed by atoms with E-state index in [0.717, 1.165) is 78.7 Å². The van der Waals surface area contributed by atoms with Gasteiger partial charge in [0.05, 0.1) is 7.11 Å². The highest BCUT2D eigenvalue weighted by Crippen LogP contribution is 2.43. The lowest BCUT2D eigenvalue weighted by Gasteiger charge is -2.34. The van der Waals surface area contributed by atoms with Gasteiger partial charge in [-0.15, -0.1) is 0 Å². The van der Waals surface area contributed by atoms with E-state index in [1.54, 1.807) is 14.0 Å². The van der Waals surface area contributed by atoms with E-state index in [-0.39, 0.29) is 0 Å². The summed E-state index contributed by atoms with van der Waals surface area (Å²) in [7, 11) is 5.96. The number of carbonyl (C=O) groups excluding carboxylic acids is 1. The number of rotatable bonds is 9. The van der Waals surface area contributed by atoms with Crippen LogP contribution in [0.15, 0.2) is 53.1 Å². The zero-order chi connectivity index (χ0) is 27.5. The zero-order valence-corrected chi connectivity index (χ0v) is 23.5. The summed E-state index contributed by atoms with van der Waals surface area (Å²) in [6, 6.07) is 16.7. The minimum Gasteiger partial charge on any atom is -0.496 e. The number of methoxy groups -OCH3 is 1. The van der Waals surface area contributed by atoms with Crippen LogP contribution < -0.4 is 9.64 Å². The first-order valence-corrected chi connectivity index (χ1v) is 13.5. The average Bonchev–Trinajstić information content (AvgIpc) is 3.38. The molecule has 0 saturated heterocycles. The second-order valence-corrected chi connectivity index (χ2v) is 10.5. The molecule has 5 rings (SSSR count). The zero-order valence-electron chi connectivity index (χ0n) is 23.5. The third-order valence-corrected chi connectivity index (χ3v) is 7.40. The van der Waals surface area contributed by atoms with Gasteiger partial charge in [0.1, 0.15) is 12.0 Å². The van der Waals surface area contributed by atoms with Crippen molar-refractivity contribution in [1.82, 2.24) is 15.0 Å². The number of hydrogen-bond acceptors (Lipinski definition) is 7. The fourth-order valence-electron chi connectivity index (χ4n) is 5.47. The lowest BCUT2D eigenvalue weighted by atomic mass is 9.92. The Labute approximate surface area is 230 Å². The van der Waals surface area contributed by atoms with E-state index in [2.05, 4.69) is 71.3 Å². The van der Waals surface area contributed by atoms with Gasteiger partial charge in [0.15, 0.2) is 0 Å². The second kappa shape index (κ2) is 11.4. The molecule has 0 bridgehead atoms. The lowest BCUT2D eigenvalue weighted by Crippen LogP contribution is -2.25. The number of benzene rings is 3. The van der Waals surface area contributed by atoms with Crippen LogP contribution in [0.3, 0.4) is 0 Å². The minimum absolute atomic E-state index is 0.542. The Balaban J connectivity index is 1.58. The smallest absolute Gasteiger partial charge is 0.223 e. The SMILES string of the molecule is COc1cc2c(cc1CCCN(C)C)N(c1cc(C=O)ccc1-c1ccc(-c3noc(C)n3)cc1C)CCC2. The summed E-state index contributed by atoms with van der Waals surface area (Å²) >= 11 is 0. The molecule has 0 atom stereocenters. The fourth-order valence-corrected chi connectivity index (χ4v) is 5.47. The summed E-state index contributed by atoms with van der Waals surface area (Å²) < 4.78 is 11.0. The van der Waals surface area contributed by atoms with Gasteiger partial charge in [-0.3, -0.25) is 4.79 Å². The molecule has 39 heavy (non-hydrogen) atoms. The maximum atomic E-state index is 11.9. The van der Waals surface area contributed by atoms with Gasteiger partial charge in [-0.05, 0) is 99.8 Å². The number of fused-ring (bicyclic) bond motifs is 1. The Morgan fingerprint density at radius 3 is 2.56 bits per heavy atom. The van der Waals surface area contributed by atoms with Gasteiger partial charge in [-0.1, -0.05) is 29.4 Å². The van der Waals surface area contributed by atoms with E-state index >= 15 is 0 Å². The van der Waals surface area contributed by atoms with E-state index in [0.29, 0.717) is 17.3 Å². The summed E-state index contributed by atoms with van der Waals surface area (Å²) in [5.74, 6) is 2.08. The molecular weight excluding hydrogens is 488 g/mol. The number of aldehydes is 1. The quantitative estimate of drug-likeness (QED) is 0.234. The van der Waals surface area contributed by atoms with Crippen LogP contribution in [0, 0.1) is 13.8 Å². The van der Waals surface area contributed by atoms with Crippen LogP contribution in [-0.2, 0) is 12.8 Å². The van der Waals surface area contributed by atoms with Crippen molar-refractivity contribution in [3.63, 3.8) is 0 Å². The van der Waals surface area contributed by atoms with Gasteiger partial charge in [0, 0.05) is 41.5 Å². The average molecular weight is 525 g/mol. The standard InChI is InChI=1S/C32H36N4O3/c1-21-16-26(32-33-22(2)39-34-32)11-13-27(21)28-12-10-23(20-37)17-30(28)36-15-7-8-24-19-31(38-5)25(18-29(24)36)9-6-14-35(3)4/h10-13,16-20H,6-9,14-15H2,1-5H3. The van der Waals surface area contributed by atoms with Gasteiger partial charge in [0.2, 0.25) is 11.7 Å². The van der Waals surface area contributed by atoms with Crippen molar-refractivity contribution in [2.45, 2.75) is 39.5 Å². The van der Waals surface area contributed by atoms with Gasteiger partial charge in [0.25, 0.3) is 0 Å². The minimum atomic E-state index is 0.542. The molecule has 4 aromatic rings. The first kappa shape index (κ1) is 26.6. The molecule has 7 heteroatoms. The van der Waals surface area contributed by atoms with Crippen molar-refractivity contribution in [1.29, 1.82) is 0 Å². The monoisotopic (exact) mass is 524 g/mol. The molecule has 3 aromatic carbocycles. The molecular formula is C32H36N4O3. The topological polar surface area (TPSA) is 71.7 Å². The Bertz CT molecular complexity index is 1490. The molecule has 0 spiro atoms. The molecule has 1 aliphatic heterocycles. The van der Waals surface area contributed by atoms with Gasteiger partial charge in [-0.2, -0.15) is 4.98 Å². The van der Waals surface area contributed by atoms with Crippen molar-refractivity contribution in [3.8, 4) is 28.3 Å². The molecule has 0 amide bonds. The largest absolute Gasteiger partial charge is 0.496 e. The molecule has 0 radical (unpaired) electrons. The summed E-state index contributed by atoms with van der Waals surface area (Å²) in [5, 5.41) is 4.08. The molecule has 0 N–H and O–H groups in total. The van der Waals surface area contributed by atoms with Crippen LogP contribution in [0.5, 0.6) is 5.75 Å². The maximum absolute atomic E-state index is 11.9. The fraction of sp³-hybridized carbons (Fsp3) is 0.344. The second-order valence-electron chi connectivity index (χ2n) is 10.5. The number of anilines is 2. The number of ether oxygens (including phenoxy) is 1. The van der Waals surface area contributed by atoms with Crippen LogP contribution in [0.4, 0.5) is 11.4 Å². The maximum Gasteiger partial charge on any atom is 0.223 e. The first-order chi connectivity index (χ1) is 18.9. The van der Waals surface area contributed by atoms with E-state index in [1.165, 1.54) is 16.8 Å². The Morgan fingerprint density at radius 1 is 1.05 bits per heavy atom. The highest BCUT2D eigenvalue weighted by atomic mass is 16.5. The molecule has 0 aliphatic carbocycles.